The van der Waals surface area contributed by atoms with Gasteiger partial charge in [-0.25, -0.2) is 4.79 Å². The first-order chi connectivity index (χ1) is 9.41. The first-order valence-corrected chi connectivity index (χ1v) is 7.41. The van der Waals surface area contributed by atoms with Crippen LogP contribution in [0.5, 0.6) is 0 Å². The van der Waals surface area contributed by atoms with Gasteiger partial charge in [-0.3, -0.25) is 9.69 Å². The van der Waals surface area contributed by atoms with Crippen molar-refractivity contribution >= 4 is 12.0 Å². The van der Waals surface area contributed by atoms with Crippen molar-refractivity contribution in [1.82, 2.24) is 15.1 Å². The Hall–Kier alpha value is -1.30. The molecule has 2 amide bonds. The number of rotatable bonds is 4. The summed E-state index contributed by atoms with van der Waals surface area (Å²) < 4.78 is 0. The highest BCUT2D eigenvalue weighted by Gasteiger charge is 2.33. The first-order valence-electron chi connectivity index (χ1n) is 7.41. The van der Waals surface area contributed by atoms with Gasteiger partial charge in [-0.15, -0.1) is 0 Å². The van der Waals surface area contributed by atoms with Crippen LogP contribution in [0, 0.1) is 5.41 Å². The Morgan fingerprint density at radius 1 is 1.25 bits per heavy atom. The van der Waals surface area contributed by atoms with E-state index in [1.165, 1.54) is 19.3 Å². The zero-order valence-corrected chi connectivity index (χ0v) is 12.4. The number of nitrogens with zero attached hydrogens (tertiary/aromatic N) is 2. The molecule has 2 fully saturated rings. The molecule has 20 heavy (non-hydrogen) atoms. The highest BCUT2D eigenvalue weighted by atomic mass is 16.4. The maximum absolute atomic E-state index is 12.1. The molecular weight excluding hydrogens is 258 g/mol. The fraction of sp³-hybridized carbons (Fsp3) is 0.857. The molecule has 2 N–H and O–H groups in total. The molecule has 0 aromatic rings. The number of nitrogens with one attached hydrogen (secondary N) is 1. The second-order valence-corrected chi connectivity index (χ2v) is 6.36. The molecule has 0 bridgehead atoms. The van der Waals surface area contributed by atoms with Crippen molar-refractivity contribution in [3.63, 3.8) is 0 Å². The number of carbonyl (C=O) groups is 2. The van der Waals surface area contributed by atoms with Crippen LogP contribution in [0.3, 0.4) is 0 Å². The van der Waals surface area contributed by atoms with E-state index >= 15 is 0 Å². The molecule has 114 valence electrons. The normalized spacial score (nSPS) is 23.8. The Morgan fingerprint density at radius 3 is 2.30 bits per heavy atom. The highest BCUT2D eigenvalue weighted by Crippen LogP contribution is 2.39. The minimum absolute atomic E-state index is 0.0132. The van der Waals surface area contributed by atoms with Crippen molar-refractivity contribution in [3.8, 4) is 0 Å². The van der Waals surface area contributed by atoms with Gasteiger partial charge in [0.15, 0.2) is 0 Å². The molecule has 1 saturated carbocycles. The van der Waals surface area contributed by atoms with Gasteiger partial charge in [-0.2, -0.15) is 0 Å². The maximum atomic E-state index is 12.1. The number of aliphatic carboxylic acids is 1. The Labute approximate surface area is 120 Å². The van der Waals surface area contributed by atoms with E-state index in [4.69, 9.17) is 5.11 Å². The van der Waals surface area contributed by atoms with Gasteiger partial charge in [0.1, 0.15) is 6.04 Å². The van der Waals surface area contributed by atoms with Crippen LogP contribution in [0.1, 0.15) is 33.1 Å². The lowest BCUT2D eigenvalue weighted by molar-refractivity contribution is -0.143. The quantitative estimate of drug-likeness (QED) is 0.806. The second-order valence-electron chi connectivity index (χ2n) is 6.36. The molecule has 0 radical (unpaired) electrons. The second kappa shape index (κ2) is 5.99. The molecule has 2 rings (SSSR count). The van der Waals surface area contributed by atoms with E-state index in [-0.39, 0.29) is 11.4 Å². The lowest BCUT2D eigenvalue weighted by atomic mass is 9.70. The molecule has 6 heteroatoms. The summed E-state index contributed by atoms with van der Waals surface area (Å²) in [5, 5.41) is 12.0. The number of urea groups is 1. The van der Waals surface area contributed by atoms with Gasteiger partial charge in [0.25, 0.3) is 0 Å². The maximum Gasteiger partial charge on any atom is 0.320 e. The number of hydrogen-bond acceptors (Lipinski definition) is 3. The van der Waals surface area contributed by atoms with Gasteiger partial charge in [0.05, 0.1) is 0 Å². The van der Waals surface area contributed by atoms with Gasteiger partial charge in [0, 0.05) is 32.7 Å². The van der Waals surface area contributed by atoms with Crippen molar-refractivity contribution in [2.45, 2.75) is 39.2 Å². The number of piperazine rings is 1. The van der Waals surface area contributed by atoms with Crippen LogP contribution < -0.4 is 5.32 Å². The van der Waals surface area contributed by atoms with Crippen molar-refractivity contribution in [1.29, 1.82) is 0 Å². The van der Waals surface area contributed by atoms with Crippen LogP contribution in [-0.2, 0) is 4.79 Å². The van der Waals surface area contributed by atoms with Crippen LogP contribution >= 0.6 is 0 Å². The Bertz CT molecular complexity index is 374. The monoisotopic (exact) mass is 283 g/mol. The lowest BCUT2D eigenvalue weighted by Crippen LogP contribution is -2.56. The van der Waals surface area contributed by atoms with Crippen molar-refractivity contribution in [2.75, 3.05) is 32.7 Å². The van der Waals surface area contributed by atoms with E-state index in [1.54, 1.807) is 11.8 Å². The van der Waals surface area contributed by atoms with Crippen molar-refractivity contribution in [2.24, 2.45) is 5.41 Å². The Balaban J connectivity index is 1.72. The standard InChI is InChI=1S/C14H25N3O3/c1-11(12(18)19)16-6-8-17(9-7-16)13(20)15-10-14(2)4-3-5-14/h11H,3-10H2,1-2H3,(H,15,20)(H,18,19). The molecule has 1 aliphatic heterocycles. The number of carboxylic acids is 1. The van der Waals surface area contributed by atoms with E-state index in [0.717, 1.165) is 6.54 Å². The zero-order valence-electron chi connectivity index (χ0n) is 12.4. The molecule has 6 nitrogen and oxygen atoms in total. The summed E-state index contributed by atoms with van der Waals surface area (Å²) >= 11 is 0. The molecule has 1 heterocycles. The van der Waals surface area contributed by atoms with Crippen molar-refractivity contribution < 1.29 is 14.7 Å². The van der Waals surface area contributed by atoms with Crippen LogP contribution in [0.4, 0.5) is 4.79 Å². The van der Waals surface area contributed by atoms with Crippen LogP contribution in [0.15, 0.2) is 0 Å². The zero-order chi connectivity index (χ0) is 14.8. The summed E-state index contributed by atoms with van der Waals surface area (Å²) in [5.74, 6) is -0.805. The van der Waals surface area contributed by atoms with E-state index < -0.39 is 12.0 Å². The van der Waals surface area contributed by atoms with Crippen LogP contribution in [0.25, 0.3) is 0 Å². The fourth-order valence-electron chi connectivity index (χ4n) is 2.83. The van der Waals surface area contributed by atoms with Crippen molar-refractivity contribution in [3.05, 3.63) is 0 Å². The fourth-order valence-corrected chi connectivity index (χ4v) is 2.83. The van der Waals surface area contributed by atoms with Gasteiger partial charge in [-0.05, 0) is 25.2 Å². The molecule has 1 saturated heterocycles. The molecule has 1 aliphatic carbocycles. The molecule has 2 aliphatic rings. The number of carboxylic acid groups (broad SMARTS) is 1. The summed E-state index contributed by atoms with van der Waals surface area (Å²) in [6.45, 7) is 7.09. The summed E-state index contributed by atoms with van der Waals surface area (Å²) in [5.41, 5.74) is 0.287. The first kappa shape index (κ1) is 15.1. The molecule has 0 aromatic carbocycles. The molecule has 1 atom stereocenters. The van der Waals surface area contributed by atoms with Crippen LogP contribution in [0.2, 0.25) is 0 Å². The SMILES string of the molecule is CC(C(=O)O)N1CCN(C(=O)NCC2(C)CCC2)CC1. The lowest BCUT2D eigenvalue weighted by Gasteiger charge is -2.40. The molecule has 0 aromatic heterocycles. The van der Waals surface area contributed by atoms with E-state index in [0.29, 0.717) is 26.2 Å². The van der Waals surface area contributed by atoms with E-state index in [9.17, 15) is 9.59 Å². The highest BCUT2D eigenvalue weighted by molar-refractivity contribution is 5.75. The smallest absolute Gasteiger partial charge is 0.320 e. The molecule has 0 spiro atoms. The van der Waals surface area contributed by atoms with E-state index in [2.05, 4.69) is 12.2 Å². The summed E-state index contributed by atoms with van der Waals surface area (Å²) in [6, 6.07) is -0.491. The Morgan fingerprint density at radius 2 is 1.85 bits per heavy atom. The summed E-state index contributed by atoms with van der Waals surface area (Å²) in [4.78, 5) is 26.7. The largest absolute Gasteiger partial charge is 0.480 e. The number of carbonyl (C=O) groups excluding carboxylic acids is 1. The topological polar surface area (TPSA) is 72.9 Å². The predicted octanol–water partition coefficient (Wildman–Crippen LogP) is 0.977. The third-order valence-corrected chi connectivity index (χ3v) is 4.73. The summed E-state index contributed by atoms with van der Waals surface area (Å²) in [6.07, 6.45) is 3.65. The predicted molar refractivity (Wildman–Crippen MR) is 75.6 cm³/mol. The minimum atomic E-state index is -0.805. The number of hydrogen-bond donors (Lipinski definition) is 2. The molecular formula is C14H25N3O3. The number of amides is 2. The molecule has 1 unspecified atom stereocenters. The van der Waals surface area contributed by atoms with E-state index in [1.807, 2.05) is 4.90 Å². The average Bonchev–Trinajstić information content (AvgIpc) is 2.42. The van der Waals surface area contributed by atoms with Gasteiger partial charge in [0.2, 0.25) is 0 Å². The Kier molecular flexibility index (Phi) is 4.52. The third-order valence-electron chi connectivity index (χ3n) is 4.73. The van der Waals surface area contributed by atoms with Gasteiger partial charge >= 0.3 is 12.0 Å². The minimum Gasteiger partial charge on any atom is -0.480 e. The summed E-state index contributed by atoms with van der Waals surface area (Å²) in [7, 11) is 0. The van der Waals surface area contributed by atoms with Gasteiger partial charge in [-0.1, -0.05) is 13.3 Å². The van der Waals surface area contributed by atoms with Gasteiger partial charge < -0.3 is 15.3 Å². The third kappa shape index (κ3) is 3.42. The van der Waals surface area contributed by atoms with Crippen LogP contribution in [-0.4, -0.2) is 65.7 Å². The average molecular weight is 283 g/mol.